The number of halogens is 1. The number of nitrogens with zero attached hydrogens (tertiary/aromatic N) is 2. The molecule has 3 aromatic rings. The van der Waals surface area contributed by atoms with Crippen LogP contribution in [0.2, 0.25) is 0 Å². The molecule has 0 aliphatic carbocycles. The van der Waals surface area contributed by atoms with Gasteiger partial charge in [0.05, 0.1) is 0 Å². The molecule has 0 radical (unpaired) electrons. The summed E-state index contributed by atoms with van der Waals surface area (Å²) in [5.74, 6) is 0.661. The van der Waals surface area contributed by atoms with E-state index in [1.165, 1.54) is 0 Å². The minimum atomic E-state index is 0.127. The van der Waals surface area contributed by atoms with Gasteiger partial charge < -0.3 is 9.52 Å². The Morgan fingerprint density at radius 1 is 1.37 bits per heavy atom. The Balaban J connectivity index is 2.05. The zero-order valence-corrected chi connectivity index (χ0v) is 12.6. The van der Waals surface area contributed by atoms with E-state index in [2.05, 4.69) is 25.9 Å². The first-order valence-corrected chi connectivity index (χ1v) is 7.42. The van der Waals surface area contributed by atoms with Crippen LogP contribution in [0.3, 0.4) is 0 Å². The SMILES string of the molecule is Cc1nc2cc(-c3nc(Br)c(CCO)s3)ccc2o1. The summed E-state index contributed by atoms with van der Waals surface area (Å²) in [5.41, 5.74) is 2.63. The van der Waals surface area contributed by atoms with Crippen molar-refractivity contribution in [3.05, 3.63) is 33.6 Å². The summed E-state index contributed by atoms with van der Waals surface area (Å²) >= 11 is 5.00. The summed E-state index contributed by atoms with van der Waals surface area (Å²) in [6, 6.07) is 5.85. The predicted octanol–water partition coefficient (Wildman–Crippen LogP) is 3.56. The van der Waals surface area contributed by atoms with E-state index in [0.29, 0.717) is 12.3 Å². The lowest BCUT2D eigenvalue weighted by Gasteiger charge is -1.94. The number of hydrogen-bond donors (Lipinski definition) is 1. The van der Waals surface area contributed by atoms with Gasteiger partial charge in [0.25, 0.3) is 0 Å². The monoisotopic (exact) mass is 338 g/mol. The number of aromatic nitrogens is 2. The van der Waals surface area contributed by atoms with Crippen LogP contribution in [0, 0.1) is 6.92 Å². The predicted molar refractivity (Wildman–Crippen MR) is 78.3 cm³/mol. The average molecular weight is 339 g/mol. The minimum absolute atomic E-state index is 0.127. The van der Waals surface area contributed by atoms with Crippen LogP contribution >= 0.6 is 27.3 Å². The summed E-state index contributed by atoms with van der Waals surface area (Å²) < 4.78 is 6.26. The van der Waals surface area contributed by atoms with Gasteiger partial charge in [-0.2, -0.15) is 0 Å². The molecule has 0 atom stereocenters. The molecule has 0 saturated carbocycles. The smallest absolute Gasteiger partial charge is 0.192 e. The number of aliphatic hydroxyl groups is 1. The lowest BCUT2D eigenvalue weighted by atomic mass is 10.2. The Kier molecular flexibility index (Phi) is 3.38. The molecule has 2 aromatic heterocycles. The molecule has 98 valence electrons. The van der Waals surface area contributed by atoms with Gasteiger partial charge in [-0.3, -0.25) is 0 Å². The van der Waals surface area contributed by atoms with E-state index in [-0.39, 0.29) is 6.61 Å². The van der Waals surface area contributed by atoms with E-state index >= 15 is 0 Å². The van der Waals surface area contributed by atoms with Gasteiger partial charge in [0, 0.05) is 30.4 Å². The summed E-state index contributed by atoms with van der Waals surface area (Å²) in [7, 11) is 0. The molecule has 0 fully saturated rings. The van der Waals surface area contributed by atoms with Gasteiger partial charge in [0.1, 0.15) is 15.1 Å². The molecule has 0 spiro atoms. The number of aliphatic hydroxyl groups excluding tert-OH is 1. The van der Waals surface area contributed by atoms with Gasteiger partial charge in [-0.15, -0.1) is 11.3 Å². The lowest BCUT2D eigenvalue weighted by molar-refractivity contribution is 0.300. The second kappa shape index (κ2) is 5.03. The van der Waals surface area contributed by atoms with Crippen LogP contribution in [0.4, 0.5) is 0 Å². The number of benzene rings is 1. The molecule has 1 N–H and O–H groups in total. The lowest BCUT2D eigenvalue weighted by Crippen LogP contribution is -1.86. The maximum atomic E-state index is 9.00. The number of aryl methyl sites for hydroxylation is 1. The van der Waals surface area contributed by atoms with Crippen molar-refractivity contribution < 1.29 is 9.52 Å². The molecular formula is C13H11BrN2O2S. The highest BCUT2D eigenvalue weighted by atomic mass is 79.9. The summed E-state index contributed by atoms with van der Waals surface area (Å²) in [4.78, 5) is 9.85. The van der Waals surface area contributed by atoms with E-state index in [1.54, 1.807) is 11.3 Å². The first kappa shape index (κ1) is 12.8. The Bertz CT molecular complexity index is 735. The van der Waals surface area contributed by atoms with Gasteiger partial charge >= 0.3 is 0 Å². The fourth-order valence-corrected chi connectivity index (χ4v) is 3.56. The van der Waals surface area contributed by atoms with Crippen molar-refractivity contribution in [3.63, 3.8) is 0 Å². The van der Waals surface area contributed by atoms with E-state index in [4.69, 9.17) is 9.52 Å². The maximum Gasteiger partial charge on any atom is 0.192 e. The molecule has 0 amide bonds. The Hall–Kier alpha value is -1.24. The molecule has 2 heterocycles. The molecule has 19 heavy (non-hydrogen) atoms. The molecule has 3 rings (SSSR count). The van der Waals surface area contributed by atoms with E-state index in [9.17, 15) is 0 Å². The Morgan fingerprint density at radius 3 is 3.00 bits per heavy atom. The zero-order chi connectivity index (χ0) is 13.4. The molecule has 6 heteroatoms. The Labute approximate surface area is 122 Å². The van der Waals surface area contributed by atoms with Gasteiger partial charge in [-0.25, -0.2) is 9.97 Å². The van der Waals surface area contributed by atoms with Crippen molar-refractivity contribution in [2.24, 2.45) is 0 Å². The van der Waals surface area contributed by atoms with Crippen LogP contribution in [-0.2, 0) is 6.42 Å². The van der Waals surface area contributed by atoms with Gasteiger partial charge in [-0.1, -0.05) is 0 Å². The molecule has 1 aromatic carbocycles. The van der Waals surface area contributed by atoms with Crippen molar-refractivity contribution in [3.8, 4) is 10.6 Å². The molecule has 0 bridgehead atoms. The second-order valence-corrected chi connectivity index (χ2v) is 5.96. The van der Waals surface area contributed by atoms with E-state index < -0.39 is 0 Å². The normalized spacial score (nSPS) is 11.3. The minimum Gasteiger partial charge on any atom is -0.441 e. The highest BCUT2D eigenvalue weighted by molar-refractivity contribution is 9.10. The second-order valence-electron chi connectivity index (χ2n) is 4.12. The van der Waals surface area contributed by atoms with Crippen LogP contribution in [0.5, 0.6) is 0 Å². The van der Waals surface area contributed by atoms with E-state index in [0.717, 1.165) is 31.2 Å². The highest BCUT2D eigenvalue weighted by Gasteiger charge is 2.12. The maximum absolute atomic E-state index is 9.00. The molecule has 4 nitrogen and oxygen atoms in total. The molecular weight excluding hydrogens is 328 g/mol. The number of fused-ring (bicyclic) bond motifs is 1. The van der Waals surface area contributed by atoms with Crippen molar-refractivity contribution >= 4 is 38.4 Å². The summed E-state index contributed by atoms with van der Waals surface area (Å²) in [5, 5.41) is 9.92. The van der Waals surface area contributed by atoms with Gasteiger partial charge in [-0.05, 0) is 34.1 Å². The van der Waals surface area contributed by atoms with Crippen LogP contribution in [0.15, 0.2) is 27.2 Å². The third-order valence-electron chi connectivity index (χ3n) is 2.73. The fraction of sp³-hybridized carbons (Fsp3) is 0.231. The van der Waals surface area contributed by atoms with Crippen molar-refractivity contribution in [1.82, 2.24) is 9.97 Å². The van der Waals surface area contributed by atoms with Crippen molar-refractivity contribution in [2.45, 2.75) is 13.3 Å². The average Bonchev–Trinajstić information content (AvgIpc) is 2.91. The van der Waals surface area contributed by atoms with E-state index in [1.807, 2.05) is 25.1 Å². The summed E-state index contributed by atoms with van der Waals surface area (Å²) in [6.45, 7) is 1.96. The number of rotatable bonds is 3. The summed E-state index contributed by atoms with van der Waals surface area (Å²) in [6.07, 6.45) is 0.615. The molecule has 0 aliphatic heterocycles. The fourth-order valence-electron chi connectivity index (χ4n) is 1.89. The molecule has 0 saturated heterocycles. The number of thiazole rings is 1. The van der Waals surface area contributed by atoms with Crippen molar-refractivity contribution in [2.75, 3.05) is 6.61 Å². The molecule has 0 aliphatic rings. The number of oxazole rings is 1. The van der Waals surface area contributed by atoms with Gasteiger partial charge in [0.15, 0.2) is 11.5 Å². The quantitative estimate of drug-likeness (QED) is 0.793. The van der Waals surface area contributed by atoms with Gasteiger partial charge in [0.2, 0.25) is 0 Å². The standard InChI is InChI=1S/C13H11BrN2O2S/c1-7-15-9-6-8(2-3-10(9)18-7)13-16-12(14)11(19-13)4-5-17/h2-3,6,17H,4-5H2,1H3. The Morgan fingerprint density at radius 2 is 2.21 bits per heavy atom. The third-order valence-corrected chi connectivity index (χ3v) is 4.81. The number of hydrogen-bond acceptors (Lipinski definition) is 5. The topological polar surface area (TPSA) is 59.2 Å². The van der Waals surface area contributed by atoms with Crippen LogP contribution < -0.4 is 0 Å². The van der Waals surface area contributed by atoms with Crippen molar-refractivity contribution in [1.29, 1.82) is 0 Å². The highest BCUT2D eigenvalue weighted by Crippen LogP contribution is 2.32. The first-order valence-electron chi connectivity index (χ1n) is 5.81. The molecule has 0 unspecified atom stereocenters. The van der Waals surface area contributed by atoms with Crippen LogP contribution in [0.1, 0.15) is 10.8 Å². The zero-order valence-electron chi connectivity index (χ0n) is 10.2. The van der Waals surface area contributed by atoms with Crippen LogP contribution in [0.25, 0.3) is 21.7 Å². The third kappa shape index (κ3) is 2.43. The largest absolute Gasteiger partial charge is 0.441 e. The van der Waals surface area contributed by atoms with Crippen LogP contribution in [-0.4, -0.2) is 21.7 Å². The first-order chi connectivity index (χ1) is 9.17.